The first-order valence-corrected chi connectivity index (χ1v) is 4.00. The Kier molecular flexibility index (Phi) is 2.30. The van der Waals surface area contributed by atoms with E-state index in [1.165, 1.54) is 6.07 Å². The summed E-state index contributed by atoms with van der Waals surface area (Å²) in [6.45, 7) is 0. The number of hydrogen-bond donors (Lipinski definition) is 2. The Hall–Kier alpha value is -1.66. The second kappa shape index (κ2) is 3.61. The summed E-state index contributed by atoms with van der Waals surface area (Å²) < 4.78 is 4.59. The van der Waals surface area contributed by atoms with Crippen LogP contribution in [0.25, 0.3) is 11.0 Å². The zero-order valence-electron chi connectivity index (χ0n) is 7.16. The van der Waals surface area contributed by atoms with Crippen molar-refractivity contribution in [1.29, 1.82) is 0 Å². The van der Waals surface area contributed by atoms with Gasteiger partial charge >= 0.3 is 7.32 Å². The molecule has 5 nitrogen and oxygen atoms in total. The third-order valence-electron chi connectivity index (χ3n) is 1.66. The molecule has 0 aliphatic heterocycles. The van der Waals surface area contributed by atoms with Gasteiger partial charge in [-0.2, -0.15) is 0 Å². The second-order valence-corrected chi connectivity index (χ2v) is 2.64. The summed E-state index contributed by atoms with van der Waals surface area (Å²) in [4.78, 5) is 8.07. The highest BCUT2D eigenvalue weighted by molar-refractivity contribution is 6.33. The maximum Gasteiger partial charge on any atom is 0.708 e. The summed E-state index contributed by atoms with van der Waals surface area (Å²) in [7, 11) is -1.85. The Morgan fingerprint density at radius 3 is 2.79 bits per heavy atom. The molecule has 0 amide bonds. The maximum atomic E-state index is 8.56. The Morgan fingerprint density at radius 2 is 2.00 bits per heavy atom. The van der Waals surface area contributed by atoms with Crippen LogP contribution in [0.5, 0.6) is 5.88 Å². The fraction of sp³-hybridized carbons (Fsp3) is 0. The van der Waals surface area contributed by atoms with E-state index in [0.717, 1.165) is 5.52 Å². The molecule has 0 aliphatic carbocycles. The summed E-state index contributed by atoms with van der Waals surface area (Å²) in [6, 6.07) is 6.72. The molecule has 0 radical (unpaired) electrons. The van der Waals surface area contributed by atoms with Crippen molar-refractivity contribution in [3.05, 3.63) is 30.5 Å². The molecule has 2 aromatic heterocycles. The lowest BCUT2D eigenvalue weighted by atomic mass is 10.2. The van der Waals surface area contributed by atoms with Crippen LogP contribution in [0.15, 0.2) is 30.5 Å². The lowest BCUT2D eigenvalue weighted by Crippen LogP contribution is -2.21. The van der Waals surface area contributed by atoms with Crippen molar-refractivity contribution in [3.8, 4) is 5.88 Å². The van der Waals surface area contributed by atoms with E-state index < -0.39 is 7.32 Å². The molecule has 0 atom stereocenters. The number of rotatable bonds is 2. The van der Waals surface area contributed by atoms with Gasteiger partial charge in [-0.1, -0.05) is 0 Å². The van der Waals surface area contributed by atoms with E-state index in [0.29, 0.717) is 5.52 Å². The monoisotopic (exact) mass is 190 g/mol. The summed E-state index contributed by atoms with van der Waals surface area (Å²) >= 11 is 0. The van der Waals surface area contributed by atoms with Crippen molar-refractivity contribution in [2.75, 3.05) is 0 Å². The molecule has 0 spiro atoms. The number of aromatic nitrogens is 2. The quantitative estimate of drug-likeness (QED) is 0.650. The second-order valence-electron chi connectivity index (χ2n) is 2.64. The molecule has 0 saturated carbocycles. The molecule has 0 aromatic carbocycles. The smallest absolute Gasteiger partial charge is 0.498 e. The predicted molar refractivity (Wildman–Crippen MR) is 50.4 cm³/mol. The van der Waals surface area contributed by atoms with Gasteiger partial charge in [0.05, 0.1) is 11.0 Å². The van der Waals surface area contributed by atoms with Gasteiger partial charge < -0.3 is 14.7 Å². The first-order chi connectivity index (χ1) is 6.75. The van der Waals surface area contributed by atoms with E-state index in [9.17, 15) is 0 Å². The molecule has 0 fully saturated rings. The van der Waals surface area contributed by atoms with Gasteiger partial charge in [-0.15, -0.1) is 0 Å². The molecule has 0 unspecified atom stereocenters. The van der Waals surface area contributed by atoms with Crippen LogP contribution in [0.3, 0.4) is 0 Å². The van der Waals surface area contributed by atoms with E-state index in [1.54, 1.807) is 24.4 Å². The van der Waals surface area contributed by atoms with Gasteiger partial charge in [-0.3, -0.25) is 4.98 Å². The lowest BCUT2D eigenvalue weighted by Gasteiger charge is -2.03. The molecule has 0 saturated heterocycles. The first-order valence-electron chi connectivity index (χ1n) is 4.00. The molecule has 2 rings (SSSR count). The summed E-state index contributed by atoms with van der Waals surface area (Å²) in [5, 5.41) is 17.1. The van der Waals surface area contributed by atoms with Gasteiger partial charge in [-0.05, 0) is 18.2 Å². The largest absolute Gasteiger partial charge is 0.708 e. The van der Waals surface area contributed by atoms with Gasteiger partial charge in [0.1, 0.15) is 0 Å². The topological polar surface area (TPSA) is 75.5 Å². The van der Waals surface area contributed by atoms with Gasteiger partial charge in [-0.25, -0.2) is 4.98 Å². The van der Waals surface area contributed by atoms with Gasteiger partial charge in [0.15, 0.2) is 5.88 Å². The number of hydrogen-bond acceptors (Lipinski definition) is 5. The van der Waals surface area contributed by atoms with E-state index in [-0.39, 0.29) is 5.88 Å². The Balaban J connectivity index is 2.41. The molecular formula is C8H7BN2O3. The minimum Gasteiger partial charge on any atom is -0.498 e. The van der Waals surface area contributed by atoms with E-state index in [1.807, 2.05) is 0 Å². The van der Waals surface area contributed by atoms with Crippen molar-refractivity contribution in [1.82, 2.24) is 9.97 Å². The highest BCUT2D eigenvalue weighted by Crippen LogP contribution is 2.13. The third-order valence-corrected chi connectivity index (χ3v) is 1.66. The highest BCUT2D eigenvalue weighted by Gasteiger charge is 2.12. The minimum atomic E-state index is -1.85. The van der Waals surface area contributed by atoms with Crippen LogP contribution < -0.4 is 4.65 Å². The predicted octanol–water partition coefficient (Wildman–Crippen LogP) is -0.0219. The molecular weight excluding hydrogens is 183 g/mol. The molecule has 14 heavy (non-hydrogen) atoms. The van der Waals surface area contributed by atoms with Crippen LogP contribution in [-0.2, 0) is 0 Å². The molecule has 2 heterocycles. The molecule has 0 bridgehead atoms. The first kappa shape index (κ1) is 8.92. The Bertz CT molecular complexity index is 449. The molecule has 0 aliphatic rings. The van der Waals surface area contributed by atoms with Gasteiger partial charge in [0, 0.05) is 12.3 Å². The van der Waals surface area contributed by atoms with Crippen LogP contribution in [0.4, 0.5) is 0 Å². The fourth-order valence-electron chi connectivity index (χ4n) is 1.11. The Labute approximate surface area is 80.2 Å². The normalized spacial score (nSPS) is 10.1. The van der Waals surface area contributed by atoms with Crippen LogP contribution in [0.2, 0.25) is 0 Å². The zero-order valence-corrected chi connectivity index (χ0v) is 7.16. The van der Waals surface area contributed by atoms with E-state index in [2.05, 4.69) is 14.6 Å². The van der Waals surface area contributed by atoms with Crippen molar-refractivity contribution < 1.29 is 14.7 Å². The van der Waals surface area contributed by atoms with Gasteiger partial charge in [0.25, 0.3) is 0 Å². The average Bonchev–Trinajstić information content (AvgIpc) is 2.17. The van der Waals surface area contributed by atoms with Crippen molar-refractivity contribution in [2.45, 2.75) is 0 Å². The van der Waals surface area contributed by atoms with Crippen LogP contribution in [0.1, 0.15) is 0 Å². The maximum absolute atomic E-state index is 8.56. The number of pyridine rings is 2. The van der Waals surface area contributed by atoms with E-state index >= 15 is 0 Å². The summed E-state index contributed by atoms with van der Waals surface area (Å²) in [5.41, 5.74) is 1.37. The van der Waals surface area contributed by atoms with Crippen molar-refractivity contribution in [3.63, 3.8) is 0 Å². The summed E-state index contributed by atoms with van der Waals surface area (Å²) in [5.74, 6) is 0.153. The average molecular weight is 190 g/mol. The van der Waals surface area contributed by atoms with Crippen LogP contribution in [0, 0.1) is 0 Å². The lowest BCUT2D eigenvalue weighted by molar-refractivity contribution is 0.284. The van der Waals surface area contributed by atoms with Crippen LogP contribution >= 0.6 is 0 Å². The number of nitrogens with zero attached hydrogens (tertiary/aromatic N) is 2. The molecule has 2 N–H and O–H groups in total. The molecule has 6 heteroatoms. The molecule has 70 valence electrons. The van der Waals surface area contributed by atoms with Gasteiger partial charge in [0.2, 0.25) is 0 Å². The third kappa shape index (κ3) is 1.81. The van der Waals surface area contributed by atoms with Crippen molar-refractivity contribution >= 4 is 18.4 Å². The van der Waals surface area contributed by atoms with Crippen molar-refractivity contribution in [2.24, 2.45) is 0 Å². The molecule has 2 aromatic rings. The fourth-order valence-corrected chi connectivity index (χ4v) is 1.11. The number of fused-ring (bicyclic) bond motifs is 1. The zero-order chi connectivity index (χ0) is 9.97. The SMILES string of the molecule is OB(O)Oc1ccc2ncccc2n1. The minimum absolute atomic E-state index is 0.153. The van der Waals surface area contributed by atoms with E-state index in [4.69, 9.17) is 10.0 Å². The summed E-state index contributed by atoms with van der Waals surface area (Å²) in [6.07, 6.45) is 1.66. The highest BCUT2D eigenvalue weighted by atomic mass is 16.6. The Morgan fingerprint density at radius 1 is 1.14 bits per heavy atom. The van der Waals surface area contributed by atoms with Crippen LogP contribution in [-0.4, -0.2) is 27.3 Å². The standard InChI is InChI=1S/C8H7BN2O3/c12-9(13)14-8-4-3-6-7(11-8)2-1-5-10-6/h1-5,12-13H.